The highest BCUT2D eigenvalue weighted by molar-refractivity contribution is 5.85. The molecule has 0 aliphatic carbocycles. The summed E-state index contributed by atoms with van der Waals surface area (Å²) in [6.45, 7) is 5.85. The van der Waals surface area contributed by atoms with Gasteiger partial charge < -0.3 is 10.1 Å². The molecule has 26 heavy (non-hydrogen) atoms. The lowest BCUT2D eigenvalue weighted by Gasteiger charge is -2.13. The number of nitrogens with one attached hydrogen (secondary N) is 1. The Balaban J connectivity index is 0.00000243. The lowest BCUT2D eigenvalue weighted by Crippen LogP contribution is -2.08. The topological polar surface area (TPSA) is 21.3 Å². The molecule has 0 aliphatic heterocycles. The van der Waals surface area contributed by atoms with Gasteiger partial charge in [-0.25, -0.2) is 0 Å². The van der Waals surface area contributed by atoms with Crippen molar-refractivity contribution in [1.82, 2.24) is 5.32 Å². The summed E-state index contributed by atoms with van der Waals surface area (Å²) in [7, 11) is 1.99. The molecular formula is C23H26ClNO. The van der Waals surface area contributed by atoms with Gasteiger partial charge in [0.2, 0.25) is 0 Å². The van der Waals surface area contributed by atoms with Gasteiger partial charge in [-0.15, -0.1) is 12.4 Å². The Kier molecular flexibility index (Phi) is 7.26. The first kappa shape index (κ1) is 20.0. The van der Waals surface area contributed by atoms with Crippen LogP contribution in [0.5, 0.6) is 5.75 Å². The van der Waals surface area contributed by atoms with Gasteiger partial charge in [-0.05, 0) is 66.4 Å². The third-order valence-corrected chi connectivity index (χ3v) is 4.47. The number of ether oxygens (including phenoxy) is 1. The van der Waals surface area contributed by atoms with Crippen molar-refractivity contribution in [3.63, 3.8) is 0 Å². The van der Waals surface area contributed by atoms with Crippen molar-refractivity contribution in [2.45, 2.75) is 27.0 Å². The fourth-order valence-electron chi connectivity index (χ4n) is 3.12. The Bertz CT molecular complexity index is 823. The zero-order chi connectivity index (χ0) is 17.6. The van der Waals surface area contributed by atoms with E-state index in [0.29, 0.717) is 6.61 Å². The summed E-state index contributed by atoms with van der Waals surface area (Å²) in [5.41, 5.74) is 7.62. The Morgan fingerprint density at radius 3 is 2.15 bits per heavy atom. The van der Waals surface area contributed by atoms with Gasteiger partial charge in [0.15, 0.2) is 0 Å². The number of hydrogen-bond donors (Lipinski definition) is 1. The summed E-state index contributed by atoms with van der Waals surface area (Å²) in [6, 6.07) is 23.1. The van der Waals surface area contributed by atoms with Crippen molar-refractivity contribution >= 4 is 12.4 Å². The molecule has 0 aliphatic rings. The van der Waals surface area contributed by atoms with Crippen molar-refractivity contribution in [2.75, 3.05) is 7.05 Å². The van der Waals surface area contributed by atoms with E-state index >= 15 is 0 Å². The smallest absolute Gasteiger partial charge is 0.120 e. The van der Waals surface area contributed by atoms with Crippen LogP contribution in [0.25, 0.3) is 11.1 Å². The van der Waals surface area contributed by atoms with Crippen LogP contribution < -0.4 is 10.1 Å². The Labute approximate surface area is 162 Å². The third kappa shape index (κ3) is 4.87. The van der Waals surface area contributed by atoms with Gasteiger partial charge in [0.1, 0.15) is 12.4 Å². The van der Waals surface area contributed by atoms with Crippen molar-refractivity contribution in [1.29, 1.82) is 0 Å². The minimum Gasteiger partial charge on any atom is -0.489 e. The largest absolute Gasteiger partial charge is 0.489 e. The van der Waals surface area contributed by atoms with Crippen LogP contribution in [0.1, 0.15) is 22.3 Å². The van der Waals surface area contributed by atoms with E-state index in [1.807, 2.05) is 31.3 Å². The molecule has 0 saturated heterocycles. The first-order valence-corrected chi connectivity index (χ1v) is 8.69. The molecule has 3 rings (SSSR count). The fraction of sp³-hybridized carbons (Fsp3) is 0.217. The highest BCUT2D eigenvalue weighted by Crippen LogP contribution is 2.28. The Hall–Kier alpha value is -2.29. The third-order valence-electron chi connectivity index (χ3n) is 4.47. The van der Waals surface area contributed by atoms with Crippen molar-refractivity contribution in [2.24, 2.45) is 0 Å². The molecule has 0 spiro atoms. The molecule has 0 bridgehead atoms. The van der Waals surface area contributed by atoms with Crippen LogP contribution in [-0.2, 0) is 13.2 Å². The summed E-state index contributed by atoms with van der Waals surface area (Å²) >= 11 is 0. The molecule has 2 nitrogen and oxygen atoms in total. The van der Waals surface area contributed by atoms with Crippen LogP contribution in [0.2, 0.25) is 0 Å². The number of aryl methyl sites for hydroxylation is 2. The summed E-state index contributed by atoms with van der Waals surface area (Å²) in [5, 5.41) is 3.25. The predicted molar refractivity (Wildman–Crippen MR) is 112 cm³/mol. The van der Waals surface area contributed by atoms with Crippen molar-refractivity contribution < 1.29 is 4.74 Å². The summed E-state index contributed by atoms with van der Waals surface area (Å²) in [6.07, 6.45) is 0. The average Bonchev–Trinajstić information content (AvgIpc) is 2.64. The monoisotopic (exact) mass is 367 g/mol. The highest BCUT2D eigenvalue weighted by Gasteiger charge is 2.07. The first-order valence-electron chi connectivity index (χ1n) is 8.69. The minimum absolute atomic E-state index is 0. The van der Waals surface area contributed by atoms with Gasteiger partial charge in [-0.2, -0.15) is 0 Å². The number of benzene rings is 3. The number of hydrogen-bond acceptors (Lipinski definition) is 2. The SMILES string of the molecule is CNCc1c(C)cc(-c2cccc(OCc3ccccc3)c2)cc1C.Cl. The molecule has 0 unspecified atom stereocenters. The summed E-state index contributed by atoms with van der Waals surface area (Å²) in [5.74, 6) is 0.899. The molecule has 0 heterocycles. The van der Waals surface area contributed by atoms with E-state index in [1.54, 1.807) is 0 Å². The molecule has 0 amide bonds. The van der Waals surface area contributed by atoms with E-state index in [4.69, 9.17) is 4.74 Å². The maximum absolute atomic E-state index is 5.97. The van der Waals surface area contributed by atoms with Crippen LogP contribution in [-0.4, -0.2) is 7.05 Å². The van der Waals surface area contributed by atoms with Crippen molar-refractivity contribution in [3.05, 3.63) is 89.0 Å². The fourth-order valence-corrected chi connectivity index (χ4v) is 3.12. The summed E-state index contributed by atoms with van der Waals surface area (Å²) < 4.78 is 5.97. The molecule has 0 saturated carbocycles. The van der Waals surface area contributed by atoms with Crippen LogP contribution in [0.3, 0.4) is 0 Å². The van der Waals surface area contributed by atoms with E-state index in [2.05, 4.69) is 61.6 Å². The molecule has 3 aromatic carbocycles. The van der Waals surface area contributed by atoms with E-state index in [-0.39, 0.29) is 12.4 Å². The van der Waals surface area contributed by atoms with Crippen LogP contribution in [0.15, 0.2) is 66.7 Å². The van der Waals surface area contributed by atoms with Crippen LogP contribution in [0, 0.1) is 13.8 Å². The lowest BCUT2D eigenvalue weighted by molar-refractivity contribution is 0.306. The molecule has 0 fully saturated rings. The average molecular weight is 368 g/mol. The normalized spacial score (nSPS) is 10.3. The second-order valence-corrected chi connectivity index (χ2v) is 6.42. The van der Waals surface area contributed by atoms with Crippen LogP contribution >= 0.6 is 12.4 Å². The van der Waals surface area contributed by atoms with Crippen LogP contribution in [0.4, 0.5) is 0 Å². The lowest BCUT2D eigenvalue weighted by atomic mass is 9.95. The van der Waals surface area contributed by atoms with Gasteiger partial charge in [0.05, 0.1) is 0 Å². The van der Waals surface area contributed by atoms with E-state index in [1.165, 1.54) is 33.4 Å². The second-order valence-electron chi connectivity index (χ2n) is 6.42. The highest BCUT2D eigenvalue weighted by atomic mass is 35.5. The molecular weight excluding hydrogens is 342 g/mol. The predicted octanol–water partition coefficient (Wildman–Crippen LogP) is 5.69. The second kappa shape index (κ2) is 9.42. The maximum atomic E-state index is 5.97. The zero-order valence-corrected chi connectivity index (χ0v) is 16.4. The van der Waals surface area contributed by atoms with E-state index in [0.717, 1.165) is 12.3 Å². The molecule has 0 aromatic heterocycles. The first-order chi connectivity index (χ1) is 12.2. The maximum Gasteiger partial charge on any atom is 0.120 e. The Morgan fingerprint density at radius 1 is 0.808 bits per heavy atom. The molecule has 3 heteroatoms. The molecule has 0 atom stereocenters. The van der Waals surface area contributed by atoms with Gasteiger partial charge in [-0.3, -0.25) is 0 Å². The number of halogens is 1. The van der Waals surface area contributed by atoms with E-state index in [9.17, 15) is 0 Å². The molecule has 0 radical (unpaired) electrons. The van der Waals surface area contributed by atoms with Gasteiger partial charge >= 0.3 is 0 Å². The van der Waals surface area contributed by atoms with Gasteiger partial charge in [-0.1, -0.05) is 54.6 Å². The quantitative estimate of drug-likeness (QED) is 0.604. The minimum atomic E-state index is 0. The van der Waals surface area contributed by atoms with Crippen molar-refractivity contribution in [3.8, 4) is 16.9 Å². The molecule has 1 N–H and O–H groups in total. The standard InChI is InChI=1S/C23H25NO.ClH/c1-17-12-21(13-18(2)23(17)15-24-3)20-10-7-11-22(14-20)25-16-19-8-5-4-6-9-19;/h4-14,24H,15-16H2,1-3H3;1H. The van der Waals surface area contributed by atoms with Gasteiger partial charge in [0.25, 0.3) is 0 Å². The molecule has 136 valence electrons. The van der Waals surface area contributed by atoms with E-state index < -0.39 is 0 Å². The zero-order valence-electron chi connectivity index (χ0n) is 15.6. The Morgan fingerprint density at radius 2 is 1.50 bits per heavy atom. The summed E-state index contributed by atoms with van der Waals surface area (Å²) in [4.78, 5) is 0. The number of rotatable bonds is 6. The van der Waals surface area contributed by atoms with Gasteiger partial charge in [0, 0.05) is 6.54 Å². The molecule has 3 aromatic rings.